The second-order valence-electron chi connectivity index (χ2n) is 7.50. The Morgan fingerprint density at radius 1 is 1.03 bits per heavy atom. The van der Waals surface area contributed by atoms with Crippen LogP contribution in [0.5, 0.6) is 0 Å². The summed E-state index contributed by atoms with van der Waals surface area (Å²) in [6.45, 7) is 1.92. The van der Waals surface area contributed by atoms with Gasteiger partial charge in [0.2, 0.25) is 0 Å². The van der Waals surface area contributed by atoms with E-state index >= 15 is 0 Å². The van der Waals surface area contributed by atoms with Crippen molar-refractivity contribution in [2.45, 2.75) is 6.92 Å². The zero-order valence-corrected chi connectivity index (χ0v) is 20.1. The van der Waals surface area contributed by atoms with Gasteiger partial charge in [0, 0.05) is 5.39 Å². The average Bonchev–Trinajstić information content (AvgIpc) is 3.50. The molecule has 0 saturated carbocycles. The number of anilines is 1. The lowest BCUT2D eigenvalue weighted by Crippen LogP contribution is -2.18. The van der Waals surface area contributed by atoms with E-state index in [9.17, 15) is 9.59 Å². The predicted octanol–water partition coefficient (Wildman–Crippen LogP) is 6.23. The van der Waals surface area contributed by atoms with Crippen LogP contribution in [0.3, 0.4) is 0 Å². The van der Waals surface area contributed by atoms with Crippen LogP contribution in [0.2, 0.25) is 4.34 Å². The van der Waals surface area contributed by atoms with E-state index in [2.05, 4.69) is 10.4 Å². The van der Waals surface area contributed by atoms with E-state index in [1.807, 2.05) is 60.7 Å². The van der Waals surface area contributed by atoms with Crippen molar-refractivity contribution >= 4 is 51.5 Å². The van der Waals surface area contributed by atoms with E-state index in [1.54, 1.807) is 19.1 Å². The van der Waals surface area contributed by atoms with Crippen molar-refractivity contribution in [3.05, 3.63) is 94.5 Å². The van der Waals surface area contributed by atoms with E-state index in [4.69, 9.17) is 21.3 Å². The van der Waals surface area contributed by atoms with Crippen LogP contribution in [-0.4, -0.2) is 33.2 Å². The summed E-state index contributed by atoms with van der Waals surface area (Å²) in [5.74, 6) is -0.754. The van der Waals surface area contributed by atoms with E-state index in [-0.39, 0.29) is 18.0 Å². The summed E-state index contributed by atoms with van der Waals surface area (Å²) in [7, 11) is 0. The number of carbonyl (C=O) groups excluding carboxylic acids is 2. The summed E-state index contributed by atoms with van der Waals surface area (Å²) in [6.07, 6.45) is 1.39. The van der Waals surface area contributed by atoms with Crippen molar-refractivity contribution in [1.29, 1.82) is 0 Å². The molecule has 1 amide bonds. The highest BCUT2D eigenvalue weighted by molar-refractivity contribution is 7.19. The number of amides is 1. The lowest BCUT2D eigenvalue weighted by atomic mass is 10.1. The Hall–Kier alpha value is -4.01. The number of fused-ring (bicyclic) bond motifs is 1. The number of aromatic nitrogens is 3. The molecule has 35 heavy (non-hydrogen) atoms. The smallest absolute Gasteiger partial charge is 0.343 e. The number of pyridine rings is 1. The third-order valence-electron chi connectivity index (χ3n) is 5.28. The second kappa shape index (κ2) is 9.69. The summed E-state index contributed by atoms with van der Waals surface area (Å²) in [6, 6.07) is 22.0. The van der Waals surface area contributed by atoms with Gasteiger partial charge < -0.3 is 10.1 Å². The molecule has 0 atom stereocenters. The van der Waals surface area contributed by atoms with Crippen LogP contribution < -0.4 is 5.32 Å². The van der Waals surface area contributed by atoms with Gasteiger partial charge in [0.25, 0.3) is 5.91 Å². The molecule has 0 aliphatic heterocycles. The molecule has 0 unspecified atom stereocenters. The lowest BCUT2D eigenvalue weighted by Gasteiger charge is -2.13. The summed E-state index contributed by atoms with van der Waals surface area (Å²) >= 11 is 7.51. The molecule has 1 N–H and O–H groups in total. The first-order chi connectivity index (χ1) is 17.0. The fraction of sp³-hybridized carbons (Fsp3) is 0.0769. The Balaban J connectivity index is 1.61. The van der Waals surface area contributed by atoms with Crippen molar-refractivity contribution in [1.82, 2.24) is 14.8 Å². The number of benzene rings is 2. The SMILES string of the molecule is CCOC(=O)c1cnn(-c2ccccc2)c1NC(=O)c1cc(-c2ccc(Cl)s2)nc2ccccc12. The van der Waals surface area contributed by atoms with Gasteiger partial charge in [0.1, 0.15) is 5.56 Å². The molecule has 2 aromatic carbocycles. The van der Waals surface area contributed by atoms with Crippen LogP contribution in [0.15, 0.2) is 79.0 Å². The molecule has 5 rings (SSSR count). The molecule has 0 radical (unpaired) electrons. The van der Waals surface area contributed by atoms with E-state index in [0.29, 0.717) is 32.2 Å². The number of ether oxygens (including phenoxy) is 1. The number of nitrogens with zero attached hydrogens (tertiary/aromatic N) is 3. The lowest BCUT2D eigenvalue weighted by molar-refractivity contribution is 0.0527. The molecular weight excluding hydrogens is 484 g/mol. The average molecular weight is 503 g/mol. The van der Waals surface area contributed by atoms with Gasteiger partial charge in [-0.2, -0.15) is 5.10 Å². The third kappa shape index (κ3) is 4.53. The van der Waals surface area contributed by atoms with Crippen LogP contribution >= 0.6 is 22.9 Å². The maximum absolute atomic E-state index is 13.7. The number of para-hydroxylation sites is 2. The van der Waals surface area contributed by atoms with E-state index in [1.165, 1.54) is 22.2 Å². The summed E-state index contributed by atoms with van der Waals surface area (Å²) in [5, 5.41) is 7.92. The monoisotopic (exact) mass is 502 g/mol. The van der Waals surface area contributed by atoms with Gasteiger partial charge >= 0.3 is 5.97 Å². The number of halogens is 1. The second-order valence-corrected chi connectivity index (χ2v) is 9.22. The van der Waals surface area contributed by atoms with Crippen LogP contribution in [0.1, 0.15) is 27.6 Å². The fourth-order valence-corrected chi connectivity index (χ4v) is 4.71. The van der Waals surface area contributed by atoms with Crippen LogP contribution in [0.4, 0.5) is 5.82 Å². The van der Waals surface area contributed by atoms with Crippen molar-refractivity contribution < 1.29 is 14.3 Å². The summed E-state index contributed by atoms with van der Waals surface area (Å²) in [5.41, 5.74) is 2.56. The van der Waals surface area contributed by atoms with Gasteiger partial charge in [0.05, 0.1) is 44.5 Å². The Morgan fingerprint density at radius 2 is 1.80 bits per heavy atom. The highest BCUT2D eigenvalue weighted by Gasteiger charge is 2.23. The number of nitrogens with one attached hydrogen (secondary N) is 1. The first-order valence-electron chi connectivity index (χ1n) is 10.8. The molecule has 5 aromatic rings. The highest BCUT2D eigenvalue weighted by atomic mass is 35.5. The van der Waals surface area contributed by atoms with Gasteiger partial charge in [-0.25, -0.2) is 14.5 Å². The molecule has 0 saturated heterocycles. The highest BCUT2D eigenvalue weighted by Crippen LogP contribution is 2.33. The normalized spacial score (nSPS) is 10.9. The van der Waals surface area contributed by atoms with Gasteiger partial charge in [-0.1, -0.05) is 48.0 Å². The Kier molecular flexibility index (Phi) is 6.31. The number of hydrogen-bond acceptors (Lipinski definition) is 6. The number of hydrogen-bond donors (Lipinski definition) is 1. The number of esters is 1. The Morgan fingerprint density at radius 3 is 2.54 bits per heavy atom. The van der Waals surface area contributed by atoms with Crippen molar-refractivity contribution in [3.8, 4) is 16.3 Å². The maximum Gasteiger partial charge on any atom is 0.343 e. The van der Waals surface area contributed by atoms with Crippen LogP contribution in [0.25, 0.3) is 27.2 Å². The van der Waals surface area contributed by atoms with Gasteiger partial charge in [-0.15, -0.1) is 11.3 Å². The van der Waals surface area contributed by atoms with E-state index < -0.39 is 11.9 Å². The molecular formula is C26H19ClN4O3S. The molecule has 0 aliphatic carbocycles. The zero-order valence-electron chi connectivity index (χ0n) is 18.6. The predicted molar refractivity (Wildman–Crippen MR) is 138 cm³/mol. The largest absolute Gasteiger partial charge is 0.462 e. The summed E-state index contributed by atoms with van der Waals surface area (Å²) < 4.78 is 7.33. The first-order valence-corrected chi connectivity index (χ1v) is 12.0. The maximum atomic E-state index is 13.7. The molecule has 9 heteroatoms. The molecule has 0 aliphatic rings. The van der Waals surface area contributed by atoms with Crippen LogP contribution in [0, 0.1) is 0 Å². The molecule has 0 fully saturated rings. The number of rotatable bonds is 6. The quantitative estimate of drug-likeness (QED) is 0.278. The minimum Gasteiger partial charge on any atom is -0.462 e. The molecule has 174 valence electrons. The zero-order chi connectivity index (χ0) is 24.4. The topological polar surface area (TPSA) is 86.1 Å². The van der Waals surface area contributed by atoms with Gasteiger partial charge in [0.15, 0.2) is 5.82 Å². The van der Waals surface area contributed by atoms with Crippen molar-refractivity contribution in [2.24, 2.45) is 0 Å². The van der Waals surface area contributed by atoms with Crippen molar-refractivity contribution in [3.63, 3.8) is 0 Å². The summed E-state index contributed by atoms with van der Waals surface area (Å²) in [4.78, 5) is 31.9. The minimum absolute atomic E-state index is 0.160. The Bertz CT molecular complexity index is 1550. The molecule has 3 heterocycles. The number of carbonyl (C=O) groups is 2. The molecule has 0 bridgehead atoms. The fourth-order valence-electron chi connectivity index (χ4n) is 3.71. The molecule has 7 nitrogen and oxygen atoms in total. The standard InChI is InChI=1S/C26H19ClN4O3S/c1-2-34-26(33)19-15-28-31(16-8-4-3-5-9-16)24(19)30-25(32)18-14-21(22-12-13-23(27)35-22)29-20-11-7-6-10-17(18)20/h3-15H,2H2,1H3,(H,30,32). The number of thiophene rings is 1. The molecule has 0 spiro atoms. The van der Waals surface area contributed by atoms with Crippen molar-refractivity contribution in [2.75, 3.05) is 11.9 Å². The van der Waals surface area contributed by atoms with Gasteiger partial charge in [-0.05, 0) is 43.3 Å². The third-order valence-corrected chi connectivity index (χ3v) is 6.54. The Labute approximate surface area is 210 Å². The van der Waals surface area contributed by atoms with Gasteiger partial charge in [-0.3, -0.25) is 4.79 Å². The minimum atomic E-state index is -0.571. The molecule has 3 aromatic heterocycles. The first kappa shape index (κ1) is 22.8. The van der Waals surface area contributed by atoms with Crippen LogP contribution in [-0.2, 0) is 4.74 Å². The van der Waals surface area contributed by atoms with E-state index in [0.717, 1.165) is 4.88 Å².